The van der Waals surface area contributed by atoms with E-state index in [4.69, 9.17) is 4.74 Å². The number of imidazole rings is 1. The maximum atomic E-state index is 5.94. The van der Waals surface area contributed by atoms with Crippen molar-refractivity contribution in [3.8, 4) is 0 Å². The van der Waals surface area contributed by atoms with E-state index < -0.39 is 0 Å². The Morgan fingerprint density at radius 1 is 1.39 bits per heavy atom. The van der Waals surface area contributed by atoms with Crippen LogP contribution in [0.1, 0.15) is 29.5 Å². The number of hydrogen-bond donors (Lipinski definition) is 1. The number of aromatic nitrogens is 2. The highest BCUT2D eigenvalue weighted by Crippen LogP contribution is 2.29. The van der Waals surface area contributed by atoms with E-state index in [0.29, 0.717) is 6.04 Å². The molecule has 1 saturated heterocycles. The second-order valence-electron chi connectivity index (χ2n) is 6.14. The molecule has 2 atom stereocenters. The smallest absolute Gasteiger partial charge is 0.100 e. The van der Waals surface area contributed by atoms with Crippen LogP contribution in [-0.2, 0) is 18.3 Å². The highest BCUT2D eigenvalue weighted by Gasteiger charge is 2.25. The van der Waals surface area contributed by atoms with Crippen molar-refractivity contribution in [2.45, 2.75) is 31.5 Å². The van der Waals surface area contributed by atoms with E-state index in [1.54, 1.807) is 0 Å². The zero-order valence-electron chi connectivity index (χ0n) is 13.2. The summed E-state index contributed by atoms with van der Waals surface area (Å²) in [5.74, 6) is 0. The van der Waals surface area contributed by atoms with Gasteiger partial charge in [-0.25, -0.2) is 4.98 Å². The van der Waals surface area contributed by atoms with Crippen LogP contribution in [-0.4, -0.2) is 22.2 Å². The largest absolute Gasteiger partial charge is 0.372 e. The summed E-state index contributed by atoms with van der Waals surface area (Å²) >= 11 is 1.88. The summed E-state index contributed by atoms with van der Waals surface area (Å²) in [5, 5.41) is 5.05. The van der Waals surface area contributed by atoms with Crippen LogP contribution >= 0.6 is 11.3 Å². The van der Waals surface area contributed by atoms with Crippen molar-refractivity contribution in [3.63, 3.8) is 0 Å². The summed E-state index contributed by atoms with van der Waals surface area (Å²) in [6.07, 6.45) is 5.98. The van der Waals surface area contributed by atoms with Crippen molar-refractivity contribution in [2.75, 3.05) is 6.61 Å². The Hall–Kier alpha value is -1.69. The summed E-state index contributed by atoms with van der Waals surface area (Å²) in [6.45, 7) is 1.74. The second kappa shape index (κ2) is 6.43. The van der Waals surface area contributed by atoms with Gasteiger partial charge in [0.2, 0.25) is 0 Å². The first-order chi connectivity index (χ1) is 11.3. The van der Waals surface area contributed by atoms with Crippen LogP contribution in [0.2, 0.25) is 0 Å². The van der Waals surface area contributed by atoms with Crippen LogP contribution in [0.25, 0.3) is 10.1 Å². The Balaban J connectivity index is 1.39. The topological polar surface area (TPSA) is 39.1 Å². The standard InChI is InChI=1S/C18H21N3OS/c1-21-12-19-11-16(21)17-9-14(6-7-22-17)20-10-15-8-13-4-2-3-5-18(13)23-15/h2-5,8,11-12,14,17,20H,6-7,9-10H2,1H3. The predicted octanol–water partition coefficient (Wildman–Crippen LogP) is 3.64. The Labute approximate surface area is 140 Å². The van der Waals surface area contributed by atoms with Gasteiger partial charge < -0.3 is 14.6 Å². The maximum absolute atomic E-state index is 5.94. The minimum atomic E-state index is 0.149. The van der Waals surface area contributed by atoms with Gasteiger partial charge in [0.05, 0.1) is 18.2 Å². The Bertz CT molecular complexity index is 761. The van der Waals surface area contributed by atoms with Crippen LogP contribution < -0.4 is 5.32 Å². The van der Waals surface area contributed by atoms with Crippen molar-refractivity contribution >= 4 is 21.4 Å². The molecule has 3 heterocycles. The van der Waals surface area contributed by atoms with Crippen LogP contribution in [0.4, 0.5) is 0 Å². The summed E-state index contributed by atoms with van der Waals surface area (Å²) in [7, 11) is 2.03. The molecule has 0 spiro atoms. The van der Waals surface area contributed by atoms with Gasteiger partial charge in [-0.1, -0.05) is 18.2 Å². The first-order valence-electron chi connectivity index (χ1n) is 8.08. The van der Waals surface area contributed by atoms with Gasteiger partial charge in [0.1, 0.15) is 6.10 Å². The van der Waals surface area contributed by atoms with Crippen LogP contribution in [0.15, 0.2) is 42.9 Å². The molecule has 0 amide bonds. The van der Waals surface area contributed by atoms with Crippen LogP contribution in [0, 0.1) is 0 Å². The fourth-order valence-electron chi connectivity index (χ4n) is 3.23. The molecule has 1 fully saturated rings. The van der Waals surface area contributed by atoms with Gasteiger partial charge in [-0.05, 0) is 30.4 Å². The predicted molar refractivity (Wildman–Crippen MR) is 93.6 cm³/mol. The lowest BCUT2D eigenvalue weighted by molar-refractivity contribution is -0.00399. The normalized spacial score (nSPS) is 21.8. The Morgan fingerprint density at radius 3 is 3.13 bits per heavy atom. The number of nitrogens with one attached hydrogen (secondary N) is 1. The first-order valence-corrected chi connectivity index (χ1v) is 8.90. The molecule has 3 aromatic rings. The summed E-state index contributed by atoms with van der Waals surface area (Å²) < 4.78 is 9.35. The number of hydrogen-bond acceptors (Lipinski definition) is 4. The minimum Gasteiger partial charge on any atom is -0.372 e. The van der Waals surface area contributed by atoms with Gasteiger partial charge in [-0.2, -0.15) is 0 Å². The third kappa shape index (κ3) is 3.17. The van der Waals surface area contributed by atoms with Crippen LogP contribution in [0.5, 0.6) is 0 Å². The minimum absolute atomic E-state index is 0.149. The van der Waals surface area contributed by atoms with E-state index in [2.05, 4.69) is 45.2 Å². The molecular weight excluding hydrogens is 306 g/mol. The Morgan fingerprint density at radius 2 is 2.30 bits per heavy atom. The third-order valence-electron chi connectivity index (χ3n) is 4.51. The van der Waals surface area contributed by atoms with E-state index in [0.717, 1.165) is 26.0 Å². The molecule has 1 aromatic carbocycles. The highest BCUT2D eigenvalue weighted by atomic mass is 32.1. The van der Waals surface area contributed by atoms with Gasteiger partial charge in [0.15, 0.2) is 0 Å². The Kier molecular flexibility index (Phi) is 4.16. The maximum Gasteiger partial charge on any atom is 0.100 e. The number of aryl methyl sites for hydroxylation is 1. The van der Waals surface area contributed by atoms with Gasteiger partial charge in [-0.3, -0.25) is 0 Å². The molecule has 0 aliphatic carbocycles. The van der Waals surface area contributed by atoms with Crippen molar-refractivity contribution < 1.29 is 4.74 Å². The fourth-order valence-corrected chi connectivity index (χ4v) is 4.25. The molecule has 1 N–H and O–H groups in total. The van der Waals surface area contributed by atoms with Crippen molar-refractivity contribution in [2.24, 2.45) is 7.05 Å². The first kappa shape index (κ1) is 14.9. The molecule has 5 heteroatoms. The average Bonchev–Trinajstić information content (AvgIpc) is 3.18. The highest BCUT2D eigenvalue weighted by molar-refractivity contribution is 7.19. The van der Waals surface area contributed by atoms with E-state index in [1.165, 1.54) is 20.7 Å². The second-order valence-corrected chi connectivity index (χ2v) is 7.31. The quantitative estimate of drug-likeness (QED) is 0.795. The summed E-state index contributed by atoms with van der Waals surface area (Å²) in [4.78, 5) is 5.60. The van der Waals surface area contributed by atoms with Gasteiger partial charge >= 0.3 is 0 Å². The molecule has 2 aromatic heterocycles. The van der Waals surface area contributed by atoms with Crippen molar-refractivity contribution in [3.05, 3.63) is 53.4 Å². The lowest BCUT2D eigenvalue weighted by atomic mass is 10.0. The molecule has 120 valence electrons. The summed E-state index contributed by atoms with van der Waals surface area (Å²) in [6, 6.07) is 11.4. The zero-order chi connectivity index (χ0) is 15.6. The molecule has 4 nitrogen and oxygen atoms in total. The molecular formula is C18H21N3OS. The van der Waals surface area contributed by atoms with Gasteiger partial charge in [0.25, 0.3) is 0 Å². The molecule has 0 bridgehead atoms. The number of ether oxygens (including phenoxy) is 1. The van der Waals surface area contributed by atoms with Crippen LogP contribution in [0.3, 0.4) is 0 Å². The number of benzene rings is 1. The molecule has 1 aliphatic rings. The van der Waals surface area contributed by atoms with E-state index in [9.17, 15) is 0 Å². The lowest BCUT2D eigenvalue weighted by Gasteiger charge is -2.30. The fraction of sp³-hybridized carbons (Fsp3) is 0.389. The van der Waals surface area contributed by atoms with E-state index in [-0.39, 0.29) is 6.10 Å². The monoisotopic (exact) mass is 327 g/mol. The molecule has 0 saturated carbocycles. The molecule has 1 aliphatic heterocycles. The molecule has 4 rings (SSSR count). The molecule has 0 radical (unpaired) electrons. The lowest BCUT2D eigenvalue weighted by Crippen LogP contribution is -2.36. The van der Waals surface area contributed by atoms with E-state index in [1.807, 2.05) is 30.9 Å². The van der Waals surface area contributed by atoms with Gasteiger partial charge in [0, 0.05) is 35.8 Å². The van der Waals surface area contributed by atoms with Crippen molar-refractivity contribution in [1.82, 2.24) is 14.9 Å². The molecule has 23 heavy (non-hydrogen) atoms. The average molecular weight is 327 g/mol. The SMILES string of the molecule is Cn1cncc1C1CC(NCc2cc3ccccc3s2)CCO1. The molecule has 2 unspecified atom stereocenters. The van der Waals surface area contributed by atoms with Gasteiger partial charge in [-0.15, -0.1) is 11.3 Å². The number of thiophene rings is 1. The zero-order valence-corrected chi connectivity index (χ0v) is 14.1. The van der Waals surface area contributed by atoms with Crippen molar-refractivity contribution in [1.29, 1.82) is 0 Å². The number of fused-ring (bicyclic) bond motifs is 1. The summed E-state index contributed by atoms with van der Waals surface area (Å²) in [5.41, 5.74) is 1.17. The number of rotatable bonds is 4. The number of nitrogens with zero attached hydrogens (tertiary/aromatic N) is 2. The van der Waals surface area contributed by atoms with E-state index >= 15 is 0 Å². The third-order valence-corrected chi connectivity index (χ3v) is 5.63.